The van der Waals surface area contributed by atoms with E-state index in [1.165, 1.54) is 19.2 Å². The van der Waals surface area contributed by atoms with Gasteiger partial charge in [0, 0.05) is 43.0 Å². The molecule has 3 aromatic carbocycles. The number of ether oxygens (including phenoxy) is 1. The Morgan fingerprint density at radius 2 is 1.62 bits per heavy atom. The molecular weight excluding hydrogens is 499 g/mol. The first-order chi connectivity index (χ1) is 18.8. The monoisotopic (exact) mass is 528 g/mol. The molecular formula is C30H29FN4O4. The number of hydrogen-bond donors (Lipinski definition) is 2. The summed E-state index contributed by atoms with van der Waals surface area (Å²) in [7, 11) is 3.38. The molecule has 8 nitrogen and oxygen atoms in total. The fourth-order valence-corrected chi connectivity index (χ4v) is 4.73. The van der Waals surface area contributed by atoms with Crippen molar-refractivity contribution in [2.75, 3.05) is 51.0 Å². The van der Waals surface area contributed by atoms with Crippen molar-refractivity contribution in [1.82, 2.24) is 9.80 Å². The second-order valence-electron chi connectivity index (χ2n) is 9.64. The number of rotatable bonds is 6. The Bertz CT molecular complexity index is 1440. The molecule has 0 spiro atoms. The van der Waals surface area contributed by atoms with Crippen molar-refractivity contribution in [2.45, 2.75) is 6.42 Å². The fraction of sp³-hybridized carbons (Fsp3) is 0.233. The highest BCUT2D eigenvalue weighted by molar-refractivity contribution is 6.37. The summed E-state index contributed by atoms with van der Waals surface area (Å²) >= 11 is 0. The number of esters is 1. The number of halogens is 1. The number of piperazine rings is 1. The first-order valence-electron chi connectivity index (χ1n) is 12.7. The number of amides is 2. The van der Waals surface area contributed by atoms with Gasteiger partial charge < -0.3 is 25.2 Å². The van der Waals surface area contributed by atoms with E-state index in [1.807, 2.05) is 24.1 Å². The molecule has 2 amide bonds. The number of hydrogen-bond acceptors (Lipinski definition) is 6. The van der Waals surface area contributed by atoms with Crippen LogP contribution in [-0.4, -0.2) is 67.9 Å². The van der Waals surface area contributed by atoms with Crippen LogP contribution in [-0.2, 0) is 20.7 Å². The average molecular weight is 529 g/mol. The Balaban J connectivity index is 1.47. The molecule has 0 radical (unpaired) electrons. The van der Waals surface area contributed by atoms with Gasteiger partial charge >= 0.3 is 5.97 Å². The van der Waals surface area contributed by atoms with Gasteiger partial charge in [-0.1, -0.05) is 24.3 Å². The predicted octanol–water partition coefficient (Wildman–Crippen LogP) is 3.86. The number of carbonyl (C=O) groups excluding carboxylic acids is 3. The van der Waals surface area contributed by atoms with Crippen LogP contribution in [0, 0.1) is 5.82 Å². The summed E-state index contributed by atoms with van der Waals surface area (Å²) in [6.07, 6.45) is 0.126. The van der Waals surface area contributed by atoms with E-state index >= 15 is 0 Å². The van der Waals surface area contributed by atoms with Crippen LogP contribution < -0.4 is 10.6 Å². The molecule has 0 bridgehead atoms. The molecule has 0 unspecified atom stereocenters. The fourth-order valence-electron chi connectivity index (χ4n) is 4.73. The maximum absolute atomic E-state index is 13.9. The van der Waals surface area contributed by atoms with Crippen molar-refractivity contribution < 1.29 is 23.5 Å². The Morgan fingerprint density at radius 3 is 2.28 bits per heavy atom. The van der Waals surface area contributed by atoms with Crippen molar-refractivity contribution in [3.05, 3.63) is 94.8 Å². The summed E-state index contributed by atoms with van der Waals surface area (Å²) in [5, 5.41) is 6.09. The first-order valence-corrected chi connectivity index (χ1v) is 12.7. The Labute approximate surface area is 226 Å². The van der Waals surface area contributed by atoms with E-state index in [0.29, 0.717) is 52.4 Å². The Morgan fingerprint density at radius 1 is 0.949 bits per heavy atom. The molecule has 0 aliphatic carbocycles. The van der Waals surface area contributed by atoms with Gasteiger partial charge in [0.05, 0.1) is 30.5 Å². The number of likely N-dealkylation sites (N-methyl/N-ethyl adjacent to an activating group) is 1. The second-order valence-corrected chi connectivity index (χ2v) is 9.64. The van der Waals surface area contributed by atoms with Crippen molar-refractivity contribution in [2.24, 2.45) is 0 Å². The SMILES string of the molecule is COC(=O)Cc1ccc(/C(Nc2ccc(C(=O)N3CCN(C)CC3)cc2)=C2/C(=O)Nc3cc(F)ccc32)cc1. The summed E-state index contributed by atoms with van der Waals surface area (Å²) in [6.45, 7) is 3.06. The number of methoxy groups -OCH3 is 1. The highest BCUT2D eigenvalue weighted by Crippen LogP contribution is 2.38. The molecule has 5 rings (SSSR count). The van der Waals surface area contributed by atoms with Crippen molar-refractivity contribution in [3.63, 3.8) is 0 Å². The van der Waals surface area contributed by atoms with E-state index in [-0.39, 0.29) is 24.2 Å². The predicted molar refractivity (Wildman–Crippen MR) is 147 cm³/mol. The van der Waals surface area contributed by atoms with Crippen LogP contribution in [0.3, 0.4) is 0 Å². The average Bonchev–Trinajstić information content (AvgIpc) is 3.27. The van der Waals surface area contributed by atoms with E-state index in [0.717, 1.165) is 18.7 Å². The number of anilines is 2. The number of nitrogens with one attached hydrogen (secondary N) is 2. The van der Waals surface area contributed by atoms with Crippen LogP contribution in [0.15, 0.2) is 66.7 Å². The maximum atomic E-state index is 13.9. The molecule has 2 aliphatic heterocycles. The quantitative estimate of drug-likeness (QED) is 0.373. The number of carbonyl (C=O) groups is 3. The van der Waals surface area contributed by atoms with Crippen LogP contribution in [0.25, 0.3) is 11.3 Å². The number of fused-ring (bicyclic) bond motifs is 1. The molecule has 2 aliphatic rings. The summed E-state index contributed by atoms with van der Waals surface area (Å²) in [6, 6.07) is 18.5. The Hall–Kier alpha value is -4.50. The molecule has 2 N–H and O–H groups in total. The smallest absolute Gasteiger partial charge is 0.309 e. The van der Waals surface area contributed by atoms with Crippen molar-refractivity contribution in [3.8, 4) is 0 Å². The zero-order valence-electron chi connectivity index (χ0n) is 21.8. The first kappa shape index (κ1) is 26.1. The lowest BCUT2D eigenvalue weighted by Gasteiger charge is -2.32. The van der Waals surface area contributed by atoms with Gasteiger partial charge in [-0.25, -0.2) is 4.39 Å². The van der Waals surface area contributed by atoms with Crippen molar-refractivity contribution in [1.29, 1.82) is 0 Å². The maximum Gasteiger partial charge on any atom is 0.309 e. The van der Waals surface area contributed by atoms with E-state index < -0.39 is 5.82 Å². The van der Waals surface area contributed by atoms with Gasteiger partial charge in [0.25, 0.3) is 11.8 Å². The lowest BCUT2D eigenvalue weighted by molar-refractivity contribution is -0.139. The third-order valence-corrected chi connectivity index (χ3v) is 6.99. The van der Waals surface area contributed by atoms with Gasteiger partial charge in [0.15, 0.2) is 0 Å². The zero-order chi connectivity index (χ0) is 27.5. The van der Waals surface area contributed by atoms with Gasteiger partial charge in [0.2, 0.25) is 0 Å². The molecule has 3 aromatic rings. The highest BCUT2D eigenvalue weighted by atomic mass is 19.1. The minimum Gasteiger partial charge on any atom is -0.469 e. The molecule has 1 fully saturated rings. The molecule has 0 aromatic heterocycles. The summed E-state index contributed by atoms with van der Waals surface area (Å²) in [5.74, 6) is -1.17. The van der Waals surface area contributed by atoms with Crippen LogP contribution in [0.5, 0.6) is 0 Å². The van der Waals surface area contributed by atoms with E-state index in [2.05, 4.69) is 15.5 Å². The molecule has 9 heteroatoms. The third-order valence-electron chi connectivity index (χ3n) is 6.99. The van der Waals surface area contributed by atoms with E-state index in [9.17, 15) is 18.8 Å². The van der Waals surface area contributed by atoms with Crippen LogP contribution in [0.2, 0.25) is 0 Å². The summed E-state index contributed by atoms with van der Waals surface area (Å²) in [5.41, 5.74) is 4.57. The molecule has 2 heterocycles. The molecule has 39 heavy (non-hydrogen) atoms. The summed E-state index contributed by atoms with van der Waals surface area (Å²) < 4.78 is 18.6. The number of nitrogens with zero attached hydrogens (tertiary/aromatic N) is 2. The van der Waals surface area contributed by atoms with Crippen molar-refractivity contribution >= 4 is 40.4 Å². The van der Waals surface area contributed by atoms with Gasteiger partial charge in [-0.2, -0.15) is 0 Å². The van der Waals surface area contributed by atoms with Gasteiger partial charge in [0.1, 0.15) is 5.82 Å². The van der Waals surface area contributed by atoms with Crippen LogP contribution in [0.1, 0.15) is 27.0 Å². The van der Waals surface area contributed by atoms with Gasteiger partial charge in [-0.05, 0) is 60.6 Å². The minimum absolute atomic E-state index is 0.0134. The summed E-state index contributed by atoms with van der Waals surface area (Å²) in [4.78, 5) is 41.8. The topological polar surface area (TPSA) is 91.0 Å². The van der Waals surface area contributed by atoms with Gasteiger partial charge in [-0.3, -0.25) is 14.4 Å². The molecule has 200 valence electrons. The standard InChI is InChI=1S/C30H29FN4O4/c1-34-13-15-35(16-14-34)30(38)21-7-10-23(11-8-21)32-28(20-5-3-19(4-6-20)17-26(36)39-2)27-24-12-9-22(31)18-25(24)33-29(27)37/h3-12,18,32H,13-17H2,1-2H3,(H,33,37)/b28-27-. The van der Waals surface area contributed by atoms with E-state index in [4.69, 9.17) is 4.74 Å². The normalized spacial score (nSPS) is 16.4. The van der Waals surface area contributed by atoms with Crippen LogP contribution in [0.4, 0.5) is 15.8 Å². The molecule has 0 atom stereocenters. The van der Waals surface area contributed by atoms with Gasteiger partial charge in [-0.15, -0.1) is 0 Å². The highest BCUT2D eigenvalue weighted by Gasteiger charge is 2.29. The second kappa shape index (κ2) is 11.1. The molecule has 1 saturated heterocycles. The minimum atomic E-state index is -0.447. The van der Waals surface area contributed by atoms with E-state index in [1.54, 1.807) is 42.5 Å². The Kier molecular flexibility index (Phi) is 7.42. The lowest BCUT2D eigenvalue weighted by Crippen LogP contribution is -2.47. The largest absolute Gasteiger partial charge is 0.469 e. The number of benzene rings is 3. The molecule has 0 saturated carbocycles. The third kappa shape index (κ3) is 5.68. The van der Waals surface area contributed by atoms with Crippen LogP contribution >= 0.6 is 0 Å². The zero-order valence-corrected chi connectivity index (χ0v) is 21.8. The lowest BCUT2D eigenvalue weighted by atomic mass is 9.98.